The smallest absolute Gasteiger partial charge is 0.266 e. The lowest BCUT2D eigenvalue weighted by atomic mass is 10.2. The van der Waals surface area contributed by atoms with E-state index >= 15 is 0 Å². The Morgan fingerprint density at radius 2 is 2.50 bits per heavy atom. The number of hydrogen-bond donors (Lipinski definition) is 2. The molecule has 0 saturated heterocycles. The van der Waals surface area contributed by atoms with E-state index in [4.69, 9.17) is 10.5 Å². The van der Waals surface area contributed by atoms with Crippen molar-refractivity contribution in [3.05, 3.63) is 18.3 Å². The molecule has 0 spiro atoms. The van der Waals surface area contributed by atoms with Crippen molar-refractivity contribution < 1.29 is 9.53 Å². The van der Waals surface area contributed by atoms with Gasteiger partial charge in [-0.15, -0.1) is 0 Å². The standard InChI is InChI=1S/C9H11N3O2/c10-4-3-7-9(13)12-8-6(14-7)2-1-5-11-8/h1-2,5,7H,3-4,10H2,(H,11,12,13). The third-order valence-electron chi connectivity index (χ3n) is 2.00. The molecule has 74 valence electrons. The van der Waals surface area contributed by atoms with Crippen LogP contribution < -0.4 is 15.8 Å². The zero-order valence-electron chi connectivity index (χ0n) is 7.56. The van der Waals surface area contributed by atoms with E-state index < -0.39 is 6.10 Å². The third-order valence-corrected chi connectivity index (χ3v) is 2.00. The molecule has 1 amide bonds. The number of hydrogen-bond acceptors (Lipinski definition) is 4. The van der Waals surface area contributed by atoms with Gasteiger partial charge in [0.1, 0.15) is 0 Å². The predicted molar refractivity (Wildman–Crippen MR) is 51.0 cm³/mol. The minimum atomic E-state index is -0.489. The Bertz CT molecular complexity index is 354. The first-order chi connectivity index (χ1) is 6.81. The van der Waals surface area contributed by atoms with Crippen LogP contribution >= 0.6 is 0 Å². The van der Waals surface area contributed by atoms with Gasteiger partial charge in [-0.3, -0.25) is 4.79 Å². The Kier molecular flexibility index (Phi) is 2.32. The van der Waals surface area contributed by atoms with Gasteiger partial charge in [-0.05, 0) is 18.7 Å². The summed E-state index contributed by atoms with van der Waals surface area (Å²) in [5, 5.41) is 2.66. The second kappa shape index (κ2) is 3.63. The summed E-state index contributed by atoms with van der Waals surface area (Å²) in [6.07, 6.45) is 1.63. The molecule has 0 aromatic carbocycles. The van der Waals surface area contributed by atoms with Gasteiger partial charge in [0.2, 0.25) is 0 Å². The van der Waals surface area contributed by atoms with Crippen LogP contribution in [0.25, 0.3) is 0 Å². The molecule has 1 unspecified atom stereocenters. The number of nitrogens with two attached hydrogens (primary N) is 1. The molecule has 1 aliphatic heterocycles. The SMILES string of the molecule is NCCC1Oc2cccnc2NC1=O. The van der Waals surface area contributed by atoms with Gasteiger partial charge in [0.25, 0.3) is 5.91 Å². The average molecular weight is 193 g/mol. The molecule has 1 aliphatic rings. The highest BCUT2D eigenvalue weighted by atomic mass is 16.5. The fourth-order valence-electron chi connectivity index (χ4n) is 1.32. The highest BCUT2D eigenvalue weighted by molar-refractivity contribution is 5.96. The zero-order chi connectivity index (χ0) is 9.97. The lowest BCUT2D eigenvalue weighted by Crippen LogP contribution is -2.38. The lowest BCUT2D eigenvalue weighted by Gasteiger charge is -2.24. The summed E-state index contributed by atoms with van der Waals surface area (Å²) in [6, 6.07) is 3.53. The van der Waals surface area contributed by atoms with Crippen LogP contribution in [0.15, 0.2) is 18.3 Å². The summed E-state index contributed by atoms with van der Waals surface area (Å²) in [6.45, 7) is 0.424. The molecular formula is C9H11N3O2. The first kappa shape index (κ1) is 8.96. The molecule has 0 aliphatic carbocycles. The number of nitrogens with one attached hydrogen (secondary N) is 1. The van der Waals surface area contributed by atoms with Gasteiger partial charge in [-0.2, -0.15) is 0 Å². The Balaban J connectivity index is 2.22. The summed E-state index contributed by atoms with van der Waals surface area (Å²) < 4.78 is 5.43. The summed E-state index contributed by atoms with van der Waals surface area (Å²) in [5.41, 5.74) is 5.37. The number of carbonyl (C=O) groups is 1. The highest BCUT2D eigenvalue weighted by Gasteiger charge is 2.27. The van der Waals surface area contributed by atoms with Crippen LogP contribution in [0, 0.1) is 0 Å². The van der Waals surface area contributed by atoms with E-state index in [0.29, 0.717) is 24.5 Å². The minimum Gasteiger partial charge on any atom is -0.477 e. The van der Waals surface area contributed by atoms with Gasteiger partial charge in [0.05, 0.1) is 0 Å². The summed E-state index contributed by atoms with van der Waals surface area (Å²) in [7, 11) is 0. The molecule has 2 rings (SSSR count). The highest BCUT2D eigenvalue weighted by Crippen LogP contribution is 2.26. The maximum Gasteiger partial charge on any atom is 0.266 e. The molecule has 1 aromatic heterocycles. The van der Waals surface area contributed by atoms with Gasteiger partial charge in [0.15, 0.2) is 17.7 Å². The van der Waals surface area contributed by atoms with Crippen LogP contribution in [0.5, 0.6) is 5.75 Å². The van der Waals surface area contributed by atoms with Crippen molar-refractivity contribution >= 4 is 11.7 Å². The summed E-state index contributed by atoms with van der Waals surface area (Å²) in [4.78, 5) is 15.4. The van der Waals surface area contributed by atoms with Gasteiger partial charge >= 0.3 is 0 Å². The minimum absolute atomic E-state index is 0.179. The molecular weight excluding hydrogens is 182 g/mol. The predicted octanol–water partition coefficient (Wildman–Crippen LogP) is 0.130. The Labute approximate surface area is 81.3 Å². The van der Waals surface area contributed by atoms with Crippen LogP contribution in [0.3, 0.4) is 0 Å². The normalized spacial score (nSPS) is 19.5. The summed E-state index contributed by atoms with van der Waals surface area (Å²) >= 11 is 0. The van der Waals surface area contributed by atoms with Gasteiger partial charge < -0.3 is 15.8 Å². The van der Waals surface area contributed by atoms with Gasteiger partial charge in [-0.1, -0.05) is 0 Å². The second-order valence-electron chi connectivity index (χ2n) is 3.02. The molecule has 2 heterocycles. The fraction of sp³-hybridized carbons (Fsp3) is 0.333. The number of pyridine rings is 1. The van der Waals surface area contributed by atoms with Crippen molar-refractivity contribution in [3.63, 3.8) is 0 Å². The number of amides is 1. The zero-order valence-corrected chi connectivity index (χ0v) is 7.56. The van der Waals surface area contributed by atoms with E-state index in [1.807, 2.05) is 0 Å². The lowest BCUT2D eigenvalue weighted by molar-refractivity contribution is -0.123. The Morgan fingerprint density at radius 1 is 1.64 bits per heavy atom. The maximum absolute atomic E-state index is 11.4. The van der Waals surface area contributed by atoms with E-state index in [0.717, 1.165) is 0 Å². The largest absolute Gasteiger partial charge is 0.477 e. The quantitative estimate of drug-likeness (QED) is 0.699. The van der Waals surface area contributed by atoms with E-state index in [2.05, 4.69) is 10.3 Å². The van der Waals surface area contributed by atoms with Crippen LogP contribution in [-0.2, 0) is 4.79 Å². The fourth-order valence-corrected chi connectivity index (χ4v) is 1.32. The van der Waals surface area contributed by atoms with Crippen molar-refractivity contribution in [3.8, 4) is 5.75 Å². The van der Waals surface area contributed by atoms with Crippen molar-refractivity contribution in [2.75, 3.05) is 11.9 Å². The van der Waals surface area contributed by atoms with E-state index in [-0.39, 0.29) is 5.91 Å². The maximum atomic E-state index is 11.4. The molecule has 1 aromatic rings. The monoisotopic (exact) mass is 193 g/mol. The first-order valence-corrected chi connectivity index (χ1v) is 4.44. The van der Waals surface area contributed by atoms with E-state index in [9.17, 15) is 4.79 Å². The first-order valence-electron chi connectivity index (χ1n) is 4.44. The topological polar surface area (TPSA) is 77.2 Å². The number of carbonyl (C=O) groups excluding carboxylic acids is 1. The number of aromatic nitrogens is 1. The van der Waals surface area contributed by atoms with Crippen LogP contribution in [0.1, 0.15) is 6.42 Å². The molecule has 5 heteroatoms. The molecule has 0 radical (unpaired) electrons. The Hall–Kier alpha value is -1.62. The number of anilines is 1. The summed E-state index contributed by atoms with van der Waals surface area (Å²) in [5.74, 6) is 0.901. The second-order valence-corrected chi connectivity index (χ2v) is 3.02. The molecule has 0 bridgehead atoms. The van der Waals surface area contributed by atoms with Gasteiger partial charge in [0, 0.05) is 12.6 Å². The van der Waals surface area contributed by atoms with Crippen molar-refractivity contribution in [1.29, 1.82) is 0 Å². The van der Waals surface area contributed by atoms with Crippen LogP contribution in [0.4, 0.5) is 5.82 Å². The molecule has 0 fully saturated rings. The van der Waals surface area contributed by atoms with Gasteiger partial charge in [-0.25, -0.2) is 4.98 Å². The van der Waals surface area contributed by atoms with Crippen LogP contribution in [-0.4, -0.2) is 23.5 Å². The molecule has 5 nitrogen and oxygen atoms in total. The van der Waals surface area contributed by atoms with Crippen molar-refractivity contribution in [2.45, 2.75) is 12.5 Å². The number of ether oxygens (including phenoxy) is 1. The number of fused-ring (bicyclic) bond motifs is 1. The number of nitrogens with zero attached hydrogens (tertiary/aromatic N) is 1. The average Bonchev–Trinajstić information content (AvgIpc) is 2.19. The van der Waals surface area contributed by atoms with E-state index in [1.165, 1.54) is 0 Å². The molecule has 1 atom stereocenters. The molecule has 0 saturated carbocycles. The number of rotatable bonds is 2. The van der Waals surface area contributed by atoms with Crippen molar-refractivity contribution in [1.82, 2.24) is 4.98 Å². The Morgan fingerprint density at radius 3 is 3.29 bits per heavy atom. The van der Waals surface area contributed by atoms with Crippen LogP contribution in [0.2, 0.25) is 0 Å². The molecule has 14 heavy (non-hydrogen) atoms. The molecule has 3 N–H and O–H groups in total. The van der Waals surface area contributed by atoms with E-state index in [1.54, 1.807) is 18.3 Å². The third kappa shape index (κ3) is 1.54. The van der Waals surface area contributed by atoms with Crippen molar-refractivity contribution in [2.24, 2.45) is 5.73 Å².